The van der Waals surface area contributed by atoms with Crippen LogP contribution in [0.5, 0.6) is 5.75 Å². The van der Waals surface area contributed by atoms with Gasteiger partial charge in [-0.1, -0.05) is 22.9 Å². The van der Waals surface area contributed by atoms with E-state index in [1.54, 1.807) is 6.07 Å². The first-order valence-electron chi connectivity index (χ1n) is 6.37. The van der Waals surface area contributed by atoms with Crippen LogP contribution < -0.4 is 15.8 Å². The van der Waals surface area contributed by atoms with Gasteiger partial charge in [0.05, 0.1) is 6.07 Å². The average Bonchev–Trinajstić information content (AvgIpc) is 2.44. The molecule has 1 aromatic rings. The second-order valence-corrected chi connectivity index (χ2v) is 5.26. The van der Waals surface area contributed by atoms with Gasteiger partial charge in [-0.15, -0.1) is 0 Å². The molecule has 5 nitrogen and oxygen atoms in total. The van der Waals surface area contributed by atoms with E-state index >= 15 is 0 Å². The fourth-order valence-corrected chi connectivity index (χ4v) is 2.02. The number of carbonyl (C=O) groups is 1. The molecule has 1 rings (SSSR count). The number of nitrogens with zero attached hydrogens (tertiary/aromatic N) is 1. The van der Waals surface area contributed by atoms with E-state index in [2.05, 4.69) is 21.2 Å². The number of hydrogen-bond donors (Lipinski definition) is 2. The Labute approximate surface area is 127 Å². The molecule has 1 aromatic carbocycles. The van der Waals surface area contributed by atoms with Gasteiger partial charge in [0, 0.05) is 10.5 Å². The maximum absolute atomic E-state index is 11.4. The summed E-state index contributed by atoms with van der Waals surface area (Å²) in [7, 11) is 0. The van der Waals surface area contributed by atoms with Gasteiger partial charge < -0.3 is 15.8 Å². The van der Waals surface area contributed by atoms with Crippen LogP contribution in [0.1, 0.15) is 18.9 Å². The van der Waals surface area contributed by atoms with Crippen molar-refractivity contribution < 1.29 is 9.53 Å². The van der Waals surface area contributed by atoms with Crippen LogP contribution in [0.4, 0.5) is 0 Å². The van der Waals surface area contributed by atoms with Crippen LogP contribution in [-0.4, -0.2) is 25.1 Å². The highest BCUT2D eigenvalue weighted by Gasteiger charge is 2.10. The van der Waals surface area contributed by atoms with E-state index in [4.69, 9.17) is 15.7 Å². The maximum Gasteiger partial charge on any atom is 0.258 e. The third-order valence-corrected chi connectivity index (χ3v) is 3.25. The normalized spacial score (nSPS) is 11.5. The average molecular weight is 340 g/mol. The zero-order valence-electron chi connectivity index (χ0n) is 11.4. The summed E-state index contributed by atoms with van der Waals surface area (Å²) in [6.45, 7) is 1.90. The van der Waals surface area contributed by atoms with Crippen LogP contribution in [0.3, 0.4) is 0 Å². The highest BCUT2D eigenvalue weighted by Crippen LogP contribution is 2.24. The lowest BCUT2D eigenvalue weighted by Crippen LogP contribution is -2.29. The van der Waals surface area contributed by atoms with E-state index in [1.165, 1.54) is 0 Å². The summed E-state index contributed by atoms with van der Waals surface area (Å²) in [6.07, 6.45) is 1.56. The van der Waals surface area contributed by atoms with Crippen LogP contribution in [-0.2, 0) is 11.2 Å². The first kappa shape index (κ1) is 16.5. The maximum atomic E-state index is 11.4. The van der Waals surface area contributed by atoms with Crippen LogP contribution in [0.25, 0.3) is 0 Å². The van der Waals surface area contributed by atoms with E-state index in [1.807, 2.05) is 25.1 Å². The standard InChI is InChI=1S/C14H18BrN3O2/c1-2-12(17)8-10-7-11(15)3-4-13(10)20-9-14(19)18-6-5-16/h3-4,7,12H,2,6,8-9,17H2,1H3,(H,18,19). The Morgan fingerprint density at radius 1 is 1.60 bits per heavy atom. The van der Waals surface area contributed by atoms with Gasteiger partial charge in [-0.3, -0.25) is 4.79 Å². The molecule has 0 radical (unpaired) electrons. The van der Waals surface area contributed by atoms with Gasteiger partial charge in [0.15, 0.2) is 6.61 Å². The second-order valence-electron chi connectivity index (χ2n) is 4.35. The van der Waals surface area contributed by atoms with Crippen molar-refractivity contribution in [2.24, 2.45) is 5.73 Å². The molecule has 0 saturated heterocycles. The third kappa shape index (κ3) is 5.59. The second kappa shape index (κ2) is 8.56. The molecule has 0 aliphatic carbocycles. The molecular formula is C14H18BrN3O2. The molecule has 1 atom stereocenters. The quantitative estimate of drug-likeness (QED) is 0.740. The smallest absolute Gasteiger partial charge is 0.258 e. The first-order chi connectivity index (χ1) is 9.56. The van der Waals surface area contributed by atoms with Crippen LogP contribution >= 0.6 is 15.9 Å². The SMILES string of the molecule is CCC(N)Cc1cc(Br)ccc1OCC(=O)NCC#N. The zero-order chi connectivity index (χ0) is 15.0. The number of nitriles is 1. The lowest BCUT2D eigenvalue weighted by atomic mass is 10.0. The molecule has 0 aliphatic rings. The molecule has 0 saturated carbocycles. The van der Waals surface area contributed by atoms with Crippen LogP contribution in [0.15, 0.2) is 22.7 Å². The highest BCUT2D eigenvalue weighted by molar-refractivity contribution is 9.10. The molecule has 6 heteroatoms. The zero-order valence-corrected chi connectivity index (χ0v) is 12.9. The summed E-state index contributed by atoms with van der Waals surface area (Å²) >= 11 is 3.41. The Hall–Kier alpha value is -1.58. The summed E-state index contributed by atoms with van der Waals surface area (Å²) in [6, 6.07) is 7.49. The molecule has 1 amide bonds. The van der Waals surface area contributed by atoms with Crippen molar-refractivity contribution in [1.82, 2.24) is 5.32 Å². The lowest BCUT2D eigenvalue weighted by Gasteiger charge is -2.14. The third-order valence-electron chi connectivity index (χ3n) is 2.75. The number of ether oxygens (including phenoxy) is 1. The summed E-state index contributed by atoms with van der Waals surface area (Å²) < 4.78 is 6.44. The Balaban J connectivity index is 2.69. The molecule has 0 spiro atoms. The van der Waals surface area contributed by atoms with Gasteiger partial charge >= 0.3 is 0 Å². The largest absolute Gasteiger partial charge is 0.483 e. The molecule has 3 N–H and O–H groups in total. The van der Waals surface area contributed by atoms with Crippen molar-refractivity contribution >= 4 is 21.8 Å². The molecule has 0 aromatic heterocycles. The van der Waals surface area contributed by atoms with Crippen molar-refractivity contribution in [3.8, 4) is 11.8 Å². The summed E-state index contributed by atoms with van der Waals surface area (Å²) in [5.41, 5.74) is 6.92. The van der Waals surface area contributed by atoms with Crippen molar-refractivity contribution in [1.29, 1.82) is 5.26 Å². The Morgan fingerprint density at radius 3 is 3.00 bits per heavy atom. The number of nitrogens with two attached hydrogens (primary N) is 1. The molecular weight excluding hydrogens is 322 g/mol. The number of rotatable bonds is 7. The van der Waals surface area contributed by atoms with Crippen molar-refractivity contribution in [2.75, 3.05) is 13.2 Å². The van der Waals surface area contributed by atoms with Gasteiger partial charge in [-0.05, 0) is 36.6 Å². The molecule has 0 heterocycles. The first-order valence-corrected chi connectivity index (χ1v) is 7.16. The topological polar surface area (TPSA) is 88.1 Å². The highest BCUT2D eigenvalue weighted by atomic mass is 79.9. The predicted molar refractivity (Wildman–Crippen MR) is 80.2 cm³/mol. The van der Waals surface area contributed by atoms with Gasteiger partial charge in [0.1, 0.15) is 12.3 Å². The molecule has 1 unspecified atom stereocenters. The fraction of sp³-hybridized carbons (Fsp3) is 0.429. The number of nitrogens with one attached hydrogen (secondary N) is 1. The summed E-state index contributed by atoms with van der Waals surface area (Å²) in [5.74, 6) is 0.324. The minimum atomic E-state index is -0.319. The predicted octanol–water partition coefficient (Wildman–Crippen LogP) is 1.75. The minimum absolute atomic E-state index is 0.0178. The molecule has 0 aliphatic heterocycles. The van der Waals surface area contributed by atoms with E-state index in [-0.39, 0.29) is 25.1 Å². The molecule has 0 bridgehead atoms. The Bertz CT molecular complexity index is 500. The van der Waals surface area contributed by atoms with Gasteiger partial charge in [-0.2, -0.15) is 5.26 Å². The van der Waals surface area contributed by atoms with E-state index < -0.39 is 0 Å². The number of carbonyl (C=O) groups excluding carboxylic acids is 1. The number of halogens is 1. The Kier molecular flexibility index (Phi) is 7.05. The van der Waals surface area contributed by atoms with E-state index in [9.17, 15) is 4.79 Å². The van der Waals surface area contributed by atoms with Crippen molar-refractivity contribution in [2.45, 2.75) is 25.8 Å². The number of hydrogen-bond acceptors (Lipinski definition) is 4. The molecule has 20 heavy (non-hydrogen) atoms. The van der Waals surface area contributed by atoms with Crippen LogP contribution in [0.2, 0.25) is 0 Å². The summed E-state index contributed by atoms with van der Waals surface area (Å²) in [4.78, 5) is 11.4. The van der Waals surface area contributed by atoms with Crippen molar-refractivity contribution in [3.05, 3.63) is 28.2 Å². The minimum Gasteiger partial charge on any atom is -0.483 e. The monoisotopic (exact) mass is 339 g/mol. The number of amides is 1. The van der Waals surface area contributed by atoms with Gasteiger partial charge in [-0.25, -0.2) is 0 Å². The van der Waals surface area contributed by atoms with E-state index in [0.717, 1.165) is 16.5 Å². The van der Waals surface area contributed by atoms with Gasteiger partial charge in [0.25, 0.3) is 5.91 Å². The fourth-order valence-electron chi connectivity index (χ4n) is 1.61. The lowest BCUT2D eigenvalue weighted by molar-refractivity contribution is -0.122. The number of benzene rings is 1. The van der Waals surface area contributed by atoms with Crippen molar-refractivity contribution in [3.63, 3.8) is 0 Å². The Morgan fingerprint density at radius 2 is 2.35 bits per heavy atom. The van der Waals surface area contributed by atoms with Crippen LogP contribution in [0, 0.1) is 11.3 Å². The molecule has 108 valence electrons. The van der Waals surface area contributed by atoms with E-state index in [0.29, 0.717) is 12.2 Å². The summed E-state index contributed by atoms with van der Waals surface area (Å²) in [5, 5.41) is 10.8. The van der Waals surface area contributed by atoms with Gasteiger partial charge in [0.2, 0.25) is 0 Å². The molecule has 0 fully saturated rings.